The quantitative estimate of drug-likeness (QED) is 0.595. The van der Waals surface area contributed by atoms with Crippen LogP contribution in [-0.4, -0.2) is 30.3 Å². The number of hydrogen-bond donors (Lipinski definition) is 1. The van der Waals surface area contributed by atoms with Gasteiger partial charge in [0.2, 0.25) is 0 Å². The predicted molar refractivity (Wildman–Crippen MR) is 98.8 cm³/mol. The summed E-state index contributed by atoms with van der Waals surface area (Å²) in [5.41, 5.74) is 0.667. The van der Waals surface area contributed by atoms with Gasteiger partial charge in [-0.15, -0.1) is 0 Å². The zero-order chi connectivity index (χ0) is 19.2. The molecule has 0 spiro atoms. The third kappa shape index (κ3) is 6.42. The molecule has 1 amide bonds. The van der Waals surface area contributed by atoms with Crippen molar-refractivity contribution in [3.8, 4) is 0 Å². The Morgan fingerprint density at radius 1 is 1.28 bits per heavy atom. The van der Waals surface area contributed by atoms with Gasteiger partial charge in [0, 0.05) is 10.9 Å². The molecule has 2 unspecified atom stereocenters. The molecule has 0 aliphatic rings. The lowest BCUT2D eigenvalue weighted by Crippen LogP contribution is -2.48. The molecule has 0 radical (unpaired) electrons. The van der Waals surface area contributed by atoms with Gasteiger partial charge in [-0.25, -0.2) is 9.59 Å². The number of alkyl carbamates (subject to hydrolysis) is 1. The maximum absolute atomic E-state index is 12.5. The van der Waals surface area contributed by atoms with E-state index in [9.17, 15) is 9.59 Å². The Bertz CT molecular complexity index is 637. The fraction of sp³-hybridized carbons (Fsp3) is 0.474. The number of carbonyl (C=O) groups is 2. The summed E-state index contributed by atoms with van der Waals surface area (Å²) in [6, 6.07) is 6.13. The first-order chi connectivity index (χ1) is 11.6. The van der Waals surface area contributed by atoms with E-state index in [4.69, 9.17) is 21.1 Å². The van der Waals surface area contributed by atoms with E-state index in [-0.39, 0.29) is 6.61 Å². The first kappa shape index (κ1) is 21.0. The molecule has 0 fully saturated rings. The molecule has 5 nitrogen and oxygen atoms in total. The summed E-state index contributed by atoms with van der Waals surface area (Å²) in [6.07, 6.45) is -0.705. The topological polar surface area (TPSA) is 64.6 Å². The molecule has 0 aliphatic heterocycles. The van der Waals surface area contributed by atoms with E-state index in [0.717, 1.165) is 0 Å². The first-order valence-corrected chi connectivity index (χ1v) is 8.50. The number of nitrogens with one attached hydrogen (secondary N) is 1. The van der Waals surface area contributed by atoms with E-state index in [1.54, 1.807) is 52.8 Å². The lowest BCUT2D eigenvalue weighted by molar-refractivity contribution is -0.146. The standard InChI is InChI=1S/C19H26ClNO4/c1-7-24-17(22)16(21-18(23)25-19(4,5)6)15(12(2)3)13-10-8-9-11-14(13)20/h8-11,15-16H,2,7H2,1,3-6H3,(H,21,23). The van der Waals surface area contributed by atoms with Gasteiger partial charge >= 0.3 is 12.1 Å². The van der Waals surface area contributed by atoms with Gasteiger partial charge in [0.25, 0.3) is 0 Å². The number of halogens is 1. The van der Waals surface area contributed by atoms with Crippen molar-refractivity contribution in [2.75, 3.05) is 6.61 Å². The Morgan fingerprint density at radius 3 is 2.36 bits per heavy atom. The molecule has 1 N–H and O–H groups in total. The summed E-state index contributed by atoms with van der Waals surface area (Å²) in [7, 11) is 0. The average molecular weight is 368 g/mol. The molecule has 0 saturated heterocycles. The Morgan fingerprint density at radius 2 is 1.88 bits per heavy atom. The molecule has 1 rings (SSSR count). The van der Waals surface area contributed by atoms with Crippen molar-refractivity contribution in [2.45, 2.75) is 52.2 Å². The maximum Gasteiger partial charge on any atom is 0.408 e. The Balaban J connectivity index is 3.23. The van der Waals surface area contributed by atoms with Gasteiger partial charge in [0.1, 0.15) is 11.6 Å². The highest BCUT2D eigenvalue weighted by Crippen LogP contribution is 2.32. The SMILES string of the molecule is C=C(C)C(c1ccccc1Cl)C(NC(=O)OC(C)(C)C)C(=O)OCC. The zero-order valence-electron chi connectivity index (χ0n) is 15.4. The molecule has 2 atom stereocenters. The zero-order valence-corrected chi connectivity index (χ0v) is 16.1. The number of hydrogen-bond acceptors (Lipinski definition) is 4. The molecule has 0 aromatic heterocycles. The van der Waals surface area contributed by atoms with Gasteiger partial charge in [-0.05, 0) is 46.2 Å². The number of rotatable bonds is 6. The summed E-state index contributed by atoms with van der Waals surface area (Å²) < 4.78 is 10.4. The Labute approximate surface area is 154 Å². The maximum atomic E-state index is 12.5. The van der Waals surface area contributed by atoms with Crippen LogP contribution in [0.25, 0.3) is 0 Å². The minimum absolute atomic E-state index is 0.191. The van der Waals surface area contributed by atoms with Gasteiger partial charge in [-0.3, -0.25) is 0 Å². The van der Waals surface area contributed by atoms with Gasteiger partial charge in [-0.2, -0.15) is 0 Å². The number of benzene rings is 1. The van der Waals surface area contributed by atoms with E-state index >= 15 is 0 Å². The van der Waals surface area contributed by atoms with Crippen molar-refractivity contribution >= 4 is 23.7 Å². The van der Waals surface area contributed by atoms with E-state index in [0.29, 0.717) is 16.2 Å². The summed E-state index contributed by atoms with van der Waals surface area (Å²) in [5, 5.41) is 3.09. The predicted octanol–water partition coefficient (Wildman–Crippen LogP) is 4.46. The van der Waals surface area contributed by atoms with Gasteiger partial charge in [0.05, 0.1) is 6.61 Å². The van der Waals surface area contributed by atoms with Crippen LogP contribution < -0.4 is 5.32 Å². The van der Waals surface area contributed by atoms with Crippen LogP contribution in [0.5, 0.6) is 0 Å². The van der Waals surface area contributed by atoms with Crippen LogP contribution in [0.2, 0.25) is 5.02 Å². The summed E-state index contributed by atoms with van der Waals surface area (Å²) >= 11 is 6.29. The summed E-state index contributed by atoms with van der Waals surface area (Å²) in [5.74, 6) is -1.11. The smallest absolute Gasteiger partial charge is 0.408 e. The Kier molecular flexibility index (Phi) is 7.49. The normalized spacial score (nSPS) is 13.5. The molecule has 0 heterocycles. The van der Waals surface area contributed by atoms with Crippen molar-refractivity contribution in [1.82, 2.24) is 5.32 Å². The van der Waals surface area contributed by atoms with Crippen molar-refractivity contribution in [2.24, 2.45) is 0 Å². The van der Waals surface area contributed by atoms with E-state index in [2.05, 4.69) is 11.9 Å². The third-order valence-electron chi connectivity index (χ3n) is 3.32. The van der Waals surface area contributed by atoms with Crippen molar-refractivity contribution in [3.63, 3.8) is 0 Å². The second kappa shape index (κ2) is 8.90. The van der Waals surface area contributed by atoms with Gasteiger partial charge in [-0.1, -0.05) is 42.0 Å². The van der Waals surface area contributed by atoms with E-state index < -0.39 is 29.6 Å². The third-order valence-corrected chi connectivity index (χ3v) is 3.66. The van der Waals surface area contributed by atoms with Gasteiger partial charge < -0.3 is 14.8 Å². The molecular weight excluding hydrogens is 342 g/mol. The summed E-state index contributed by atoms with van der Waals surface area (Å²) in [6.45, 7) is 12.9. The second-order valence-corrected chi connectivity index (χ2v) is 7.13. The molecule has 0 bridgehead atoms. The molecule has 1 aromatic carbocycles. The average Bonchev–Trinajstić information content (AvgIpc) is 2.46. The van der Waals surface area contributed by atoms with Crippen LogP contribution in [0.3, 0.4) is 0 Å². The molecule has 1 aromatic rings. The lowest BCUT2D eigenvalue weighted by Gasteiger charge is -2.29. The second-order valence-electron chi connectivity index (χ2n) is 6.72. The highest BCUT2D eigenvalue weighted by atomic mass is 35.5. The van der Waals surface area contributed by atoms with Gasteiger partial charge in [0.15, 0.2) is 0 Å². The molecular formula is C19H26ClNO4. The van der Waals surface area contributed by atoms with Crippen LogP contribution >= 0.6 is 11.6 Å². The van der Waals surface area contributed by atoms with Crippen LogP contribution in [0, 0.1) is 0 Å². The molecule has 0 saturated carbocycles. The van der Waals surface area contributed by atoms with Crippen molar-refractivity contribution in [3.05, 3.63) is 47.0 Å². The fourth-order valence-electron chi connectivity index (χ4n) is 2.40. The van der Waals surface area contributed by atoms with Crippen LogP contribution in [-0.2, 0) is 14.3 Å². The molecule has 138 valence electrons. The highest BCUT2D eigenvalue weighted by Gasteiger charge is 2.35. The number of amides is 1. The Hall–Kier alpha value is -2.01. The van der Waals surface area contributed by atoms with Crippen molar-refractivity contribution < 1.29 is 19.1 Å². The van der Waals surface area contributed by atoms with E-state index in [1.807, 2.05) is 6.07 Å². The molecule has 0 aliphatic carbocycles. The molecule has 6 heteroatoms. The minimum atomic E-state index is -0.993. The van der Waals surface area contributed by atoms with Crippen LogP contribution in [0.4, 0.5) is 4.79 Å². The van der Waals surface area contributed by atoms with Crippen LogP contribution in [0.15, 0.2) is 36.4 Å². The number of ether oxygens (including phenoxy) is 2. The van der Waals surface area contributed by atoms with Crippen LogP contribution in [0.1, 0.15) is 46.1 Å². The highest BCUT2D eigenvalue weighted by molar-refractivity contribution is 6.31. The van der Waals surface area contributed by atoms with E-state index in [1.165, 1.54) is 0 Å². The molecule has 25 heavy (non-hydrogen) atoms. The number of esters is 1. The lowest BCUT2D eigenvalue weighted by atomic mass is 9.86. The first-order valence-electron chi connectivity index (χ1n) is 8.12. The van der Waals surface area contributed by atoms with Crippen molar-refractivity contribution in [1.29, 1.82) is 0 Å². The minimum Gasteiger partial charge on any atom is -0.464 e. The monoisotopic (exact) mass is 367 g/mol. The number of carbonyl (C=O) groups excluding carboxylic acids is 2. The summed E-state index contributed by atoms with van der Waals surface area (Å²) in [4.78, 5) is 24.7. The largest absolute Gasteiger partial charge is 0.464 e. The fourth-order valence-corrected chi connectivity index (χ4v) is 2.66.